The number of hydrogen-bond donors (Lipinski definition) is 0. The zero-order valence-electron chi connectivity index (χ0n) is 31.3. The molecule has 0 atom stereocenters. The van der Waals surface area contributed by atoms with Gasteiger partial charge in [0.25, 0.3) is 0 Å². The topological polar surface area (TPSA) is 34.5 Å². The first-order chi connectivity index (χ1) is 28.7. The van der Waals surface area contributed by atoms with Crippen LogP contribution in [-0.2, 0) is 0 Å². The molecule has 0 amide bonds. The quantitative estimate of drug-likeness (QED) is 0.170. The zero-order chi connectivity index (χ0) is 38.2. The van der Waals surface area contributed by atoms with Crippen LogP contribution in [0.1, 0.15) is 0 Å². The molecule has 4 nitrogen and oxygen atoms in total. The van der Waals surface area contributed by atoms with Gasteiger partial charge in [0.05, 0.1) is 22.4 Å². The predicted octanol–water partition coefficient (Wildman–Crippen LogP) is 15.4. The molecule has 0 unspecified atom stereocenters. The third-order valence-corrected chi connectivity index (χ3v) is 11.6. The third kappa shape index (κ3) is 5.09. The van der Waals surface area contributed by atoms with Crippen LogP contribution in [0.4, 0.5) is 17.1 Å². The molecule has 0 aliphatic rings. The van der Waals surface area contributed by atoms with E-state index in [1.807, 2.05) is 18.2 Å². The lowest BCUT2D eigenvalue weighted by Crippen LogP contribution is -2.10. The van der Waals surface area contributed by atoms with E-state index in [2.05, 4.69) is 198 Å². The van der Waals surface area contributed by atoms with Gasteiger partial charge in [-0.15, -0.1) is 0 Å². The Balaban J connectivity index is 1.06. The van der Waals surface area contributed by atoms with Crippen LogP contribution in [0.2, 0.25) is 0 Å². The fraction of sp³-hybridized carbons (Fsp3) is 0. The number of rotatable bonds is 6. The van der Waals surface area contributed by atoms with E-state index in [0.29, 0.717) is 0 Å². The molecule has 0 fully saturated rings. The number of nitrogens with zero attached hydrogens (tertiary/aromatic N) is 2. The summed E-state index contributed by atoms with van der Waals surface area (Å²) in [6.07, 6.45) is 0. The summed E-state index contributed by atoms with van der Waals surface area (Å²) in [5.74, 6) is 0. The van der Waals surface area contributed by atoms with Gasteiger partial charge in [-0.25, -0.2) is 0 Å². The van der Waals surface area contributed by atoms with E-state index >= 15 is 0 Å². The summed E-state index contributed by atoms with van der Waals surface area (Å²) in [7, 11) is 0. The first-order valence-electron chi connectivity index (χ1n) is 19.7. The average molecular weight is 743 g/mol. The number of furan rings is 2. The molecule has 0 saturated heterocycles. The minimum Gasteiger partial charge on any atom is -0.456 e. The molecule has 272 valence electrons. The molecule has 58 heavy (non-hydrogen) atoms. The van der Waals surface area contributed by atoms with Gasteiger partial charge in [-0.1, -0.05) is 127 Å². The second-order valence-corrected chi connectivity index (χ2v) is 14.9. The van der Waals surface area contributed by atoms with Crippen LogP contribution in [0.25, 0.3) is 93.6 Å². The van der Waals surface area contributed by atoms with Gasteiger partial charge in [-0.2, -0.15) is 0 Å². The molecule has 0 spiro atoms. The summed E-state index contributed by atoms with van der Waals surface area (Å²) in [6, 6.07) is 73.2. The Morgan fingerprint density at radius 3 is 1.69 bits per heavy atom. The molecule has 0 saturated carbocycles. The third-order valence-electron chi connectivity index (χ3n) is 11.6. The first kappa shape index (κ1) is 32.4. The van der Waals surface area contributed by atoms with E-state index in [9.17, 15) is 0 Å². The lowest BCUT2D eigenvalue weighted by Gasteiger charge is -2.26. The van der Waals surface area contributed by atoms with Crippen molar-refractivity contribution >= 4 is 82.7 Å². The fourth-order valence-corrected chi connectivity index (χ4v) is 8.86. The molecule has 0 bridgehead atoms. The van der Waals surface area contributed by atoms with Crippen molar-refractivity contribution in [1.82, 2.24) is 4.57 Å². The highest BCUT2D eigenvalue weighted by Gasteiger charge is 2.23. The van der Waals surface area contributed by atoms with Crippen LogP contribution in [0.5, 0.6) is 0 Å². The van der Waals surface area contributed by atoms with Crippen molar-refractivity contribution in [3.8, 4) is 27.9 Å². The standard InChI is InChI=1S/C54H34N2O2/c1-3-13-35(14-4-1)38-31-47-45-19-9-12-22-52(45)58-54(47)50(33-38)55(41-28-30-46-44-18-8-11-21-51(44)57-53(46)34-41)40-26-23-36(24-27-40)37-25-29-43-42-17-7-10-20-48(42)56(49(43)32-37)39-15-5-2-6-16-39/h1-34H. The molecule has 3 aromatic heterocycles. The Hall–Kier alpha value is -7.82. The number of benzene rings is 9. The second kappa shape index (κ2) is 12.9. The van der Waals surface area contributed by atoms with Gasteiger partial charge in [-0.3, -0.25) is 0 Å². The van der Waals surface area contributed by atoms with E-state index < -0.39 is 0 Å². The normalized spacial score (nSPS) is 11.8. The van der Waals surface area contributed by atoms with E-state index in [0.717, 1.165) is 88.9 Å². The Morgan fingerprint density at radius 2 is 0.897 bits per heavy atom. The lowest BCUT2D eigenvalue weighted by molar-refractivity contribution is 0.667. The molecule has 4 heteroatoms. The van der Waals surface area contributed by atoms with Crippen molar-refractivity contribution in [1.29, 1.82) is 0 Å². The molecule has 3 heterocycles. The van der Waals surface area contributed by atoms with Gasteiger partial charge >= 0.3 is 0 Å². The molecule has 12 aromatic rings. The molecule has 0 aliphatic heterocycles. The van der Waals surface area contributed by atoms with Crippen LogP contribution in [0.15, 0.2) is 215 Å². The monoisotopic (exact) mass is 742 g/mol. The molecule has 0 radical (unpaired) electrons. The molecule has 9 aromatic carbocycles. The molecule has 0 aliphatic carbocycles. The lowest BCUT2D eigenvalue weighted by atomic mass is 10.00. The largest absolute Gasteiger partial charge is 0.456 e. The number of aromatic nitrogens is 1. The van der Waals surface area contributed by atoms with Gasteiger partial charge in [-0.05, 0) is 95.1 Å². The summed E-state index contributed by atoms with van der Waals surface area (Å²) in [5, 5.41) is 6.83. The smallest absolute Gasteiger partial charge is 0.159 e. The van der Waals surface area contributed by atoms with Crippen LogP contribution < -0.4 is 4.90 Å². The Morgan fingerprint density at radius 1 is 0.328 bits per heavy atom. The summed E-state index contributed by atoms with van der Waals surface area (Å²) >= 11 is 0. The van der Waals surface area contributed by atoms with E-state index in [4.69, 9.17) is 8.83 Å². The number of para-hydroxylation sites is 4. The van der Waals surface area contributed by atoms with Crippen molar-refractivity contribution in [2.24, 2.45) is 0 Å². The van der Waals surface area contributed by atoms with Gasteiger partial charge in [0.15, 0.2) is 5.58 Å². The second-order valence-electron chi connectivity index (χ2n) is 14.9. The van der Waals surface area contributed by atoms with Gasteiger partial charge < -0.3 is 18.3 Å². The van der Waals surface area contributed by atoms with Crippen LogP contribution in [-0.4, -0.2) is 4.57 Å². The van der Waals surface area contributed by atoms with Crippen molar-refractivity contribution in [3.63, 3.8) is 0 Å². The van der Waals surface area contributed by atoms with Crippen LogP contribution in [0, 0.1) is 0 Å². The minimum atomic E-state index is 0.828. The summed E-state index contributed by atoms with van der Waals surface area (Å²) in [5.41, 5.74) is 14.4. The maximum absolute atomic E-state index is 6.77. The number of fused-ring (bicyclic) bond motifs is 9. The molecule has 0 N–H and O–H groups in total. The summed E-state index contributed by atoms with van der Waals surface area (Å²) in [6.45, 7) is 0. The summed E-state index contributed by atoms with van der Waals surface area (Å²) < 4.78 is 15.6. The molecular formula is C54H34N2O2. The van der Waals surface area contributed by atoms with Crippen LogP contribution >= 0.6 is 0 Å². The van der Waals surface area contributed by atoms with E-state index in [1.54, 1.807) is 0 Å². The molecular weight excluding hydrogens is 709 g/mol. The Bertz CT molecular complexity index is 3500. The molecule has 12 rings (SSSR count). The summed E-state index contributed by atoms with van der Waals surface area (Å²) in [4.78, 5) is 2.31. The number of anilines is 3. The van der Waals surface area contributed by atoms with Gasteiger partial charge in [0.1, 0.15) is 16.7 Å². The highest BCUT2D eigenvalue weighted by Crippen LogP contribution is 2.46. The predicted molar refractivity (Wildman–Crippen MR) is 241 cm³/mol. The minimum absolute atomic E-state index is 0.828. The van der Waals surface area contributed by atoms with E-state index in [-0.39, 0.29) is 0 Å². The Labute approximate surface area is 334 Å². The van der Waals surface area contributed by atoms with Crippen molar-refractivity contribution in [2.75, 3.05) is 4.90 Å². The van der Waals surface area contributed by atoms with Gasteiger partial charge in [0, 0.05) is 49.8 Å². The number of hydrogen-bond acceptors (Lipinski definition) is 3. The van der Waals surface area contributed by atoms with Gasteiger partial charge in [0.2, 0.25) is 0 Å². The highest BCUT2D eigenvalue weighted by molar-refractivity contribution is 6.13. The van der Waals surface area contributed by atoms with Crippen molar-refractivity contribution < 1.29 is 8.83 Å². The SMILES string of the molecule is c1ccc(-c2cc(N(c3ccc(-c4ccc5c6ccccc6n(-c6ccccc6)c5c4)cc3)c3ccc4c(c3)oc3ccccc34)c3oc4ccccc4c3c2)cc1. The Kier molecular flexibility index (Phi) is 7.20. The van der Waals surface area contributed by atoms with E-state index in [1.165, 1.54) is 21.8 Å². The maximum atomic E-state index is 6.77. The fourth-order valence-electron chi connectivity index (χ4n) is 8.86. The van der Waals surface area contributed by atoms with Crippen molar-refractivity contribution in [2.45, 2.75) is 0 Å². The average Bonchev–Trinajstić information content (AvgIpc) is 3.96. The zero-order valence-corrected chi connectivity index (χ0v) is 31.3. The first-order valence-corrected chi connectivity index (χ1v) is 19.7. The maximum Gasteiger partial charge on any atom is 0.159 e. The van der Waals surface area contributed by atoms with Crippen molar-refractivity contribution in [3.05, 3.63) is 206 Å². The highest BCUT2D eigenvalue weighted by atomic mass is 16.3. The van der Waals surface area contributed by atoms with Crippen LogP contribution in [0.3, 0.4) is 0 Å².